The zero-order chi connectivity index (χ0) is 19.4. The molecule has 1 aromatic carbocycles. The van der Waals surface area contributed by atoms with Crippen molar-refractivity contribution < 1.29 is 22.7 Å². The van der Waals surface area contributed by atoms with Crippen molar-refractivity contribution in [2.75, 3.05) is 45.6 Å². The first-order valence-corrected chi connectivity index (χ1v) is 11.4. The van der Waals surface area contributed by atoms with E-state index in [9.17, 15) is 17.9 Å². The Morgan fingerprint density at radius 1 is 1.22 bits per heavy atom. The van der Waals surface area contributed by atoms with Crippen LogP contribution >= 0.6 is 11.3 Å². The number of rotatable bonds is 7. The number of aliphatic hydroxyl groups excluding tert-OH is 1. The molecule has 1 unspecified atom stereocenters. The number of β-amino-alcohol motifs (C(OH)–C–C–N with tert-alkyl or cyclic N) is 1. The van der Waals surface area contributed by atoms with E-state index in [0.29, 0.717) is 38.5 Å². The van der Waals surface area contributed by atoms with Gasteiger partial charge in [0, 0.05) is 38.8 Å². The highest BCUT2D eigenvalue weighted by molar-refractivity contribution is 7.88. The minimum Gasteiger partial charge on any atom is -0.491 e. The summed E-state index contributed by atoms with van der Waals surface area (Å²) in [6.45, 7) is 2.38. The molecule has 1 N–H and O–H groups in total. The lowest BCUT2D eigenvalue weighted by Gasteiger charge is -2.34. The first kappa shape index (κ1) is 20.2. The number of benzene rings is 1. The first-order valence-electron chi connectivity index (χ1n) is 8.63. The molecule has 0 amide bonds. The van der Waals surface area contributed by atoms with Crippen LogP contribution in [0.25, 0.3) is 11.1 Å². The maximum Gasteiger partial charge on any atom is 0.211 e. The fraction of sp³-hybridized carbons (Fsp3) is 0.444. The molecule has 1 saturated heterocycles. The van der Waals surface area contributed by atoms with Gasteiger partial charge in [0.15, 0.2) is 0 Å². The molecule has 0 spiro atoms. The SMILES string of the molecule is CS(=O)(=O)N1CCN(CC(O)COc2cc(F)cc(-c3ccsc3)c2)CC1. The van der Waals surface area contributed by atoms with Gasteiger partial charge in [0.2, 0.25) is 10.0 Å². The fourth-order valence-corrected chi connectivity index (χ4v) is 4.52. The number of sulfonamides is 1. The van der Waals surface area contributed by atoms with E-state index in [0.717, 1.165) is 11.1 Å². The van der Waals surface area contributed by atoms with E-state index in [1.165, 1.54) is 34.0 Å². The highest BCUT2D eigenvalue weighted by Gasteiger charge is 2.24. The lowest BCUT2D eigenvalue weighted by molar-refractivity contribution is 0.0569. The predicted octanol–water partition coefficient (Wildman–Crippen LogP) is 1.87. The van der Waals surface area contributed by atoms with Crippen LogP contribution in [0.3, 0.4) is 0 Å². The maximum atomic E-state index is 13.8. The smallest absolute Gasteiger partial charge is 0.211 e. The zero-order valence-corrected chi connectivity index (χ0v) is 16.7. The second-order valence-corrected chi connectivity index (χ2v) is 9.38. The van der Waals surface area contributed by atoms with Gasteiger partial charge >= 0.3 is 0 Å². The van der Waals surface area contributed by atoms with Gasteiger partial charge in [-0.25, -0.2) is 12.8 Å². The number of nitrogens with zero attached hydrogens (tertiary/aromatic N) is 2. The molecule has 2 heterocycles. The molecule has 0 radical (unpaired) electrons. The minimum absolute atomic E-state index is 0.0405. The molecule has 0 aliphatic carbocycles. The molecule has 1 fully saturated rings. The number of hydrogen-bond donors (Lipinski definition) is 1. The van der Waals surface area contributed by atoms with E-state index in [-0.39, 0.29) is 12.4 Å². The van der Waals surface area contributed by atoms with E-state index in [4.69, 9.17) is 4.74 Å². The standard InChI is InChI=1S/C18H23FN2O4S2/c1-27(23,24)21-5-3-20(4-6-21)11-17(22)12-25-18-9-15(8-16(19)10-18)14-2-7-26-13-14/h2,7-10,13,17,22H,3-6,11-12H2,1H3. The van der Waals surface area contributed by atoms with Crippen molar-refractivity contribution in [3.05, 3.63) is 40.8 Å². The summed E-state index contributed by atoms with van der Waals surface area (Å²) < 4.78 is 43.9. The van der Waals surface area contributed by atoms with Gasteiger partial charge in [-0.3, -0.25) is 4.90 Å². The van der Waals surface area contributed by atoms with Crippen molar-refractivity contribution in [1.82, 2.24) is 9.21 Å². The van der Waals surface area contributed by atoms with Gasteiger partial charge in [-0.1, -0.05) is 0 Å². The van der Waals surface area contributed by atoms with E-state index in [2.05, 4.69) is 0 Å². The summed E-state index contributed by atoms with van der Waals surface area (Å²) in [5.41, 5.74) is 1.66. The summed E-state index contributed by atoms with van der Waals surface area (Å²) in [4.78, 5) is 2.00. The number of thiophene rings is 1. The Hall–Kier alpha value is -1.52. The Labute approximate surface area is 162 Å². The fourth-order valence-electron chi connectivity index (χ4n) is 3.03. The average molecular weight is 415 g/mol. The molecular weight excluding hydrogens is 391 g/mol. The van der Waals surface area contributed by atoms with E-state index < -0.39 is 16.1 Å². The average Bonchev–Trinajstić information content (AvgIpc) is 3.14. The first-order chi connectivity index (χ1) is 12.8. The number of halogens is 1. The van der Waals surface area contributed by atoms with Gasteiger partial charge < -0.3 is 9.84 Å². The molecule has 1 aliphatic rings. The summed E-state index contributed by atoms with van der Waals surface area (Å²) in [5, 5.41) is 14.1. The lowest BCUT2D eigenvalue weighted by Crippen LogP contribution is -2.50. The second kappa shape index (κ2) is 8.66. The Balaban J connectivity index is 1.50. The molecule has 0 bridgehead atoms. The highest BCUT2D eigenvalue weighted by Crippen LogP contribution is 2.27. The molecular formula is C18H23FN2O4S2. The zero-order valence-electron chi connectivity index (χ0n) is 15.0. The number of ether oxygens (including phenoxy) is 1. The molecule has 1 aromatic heterocycles. The summed E-state index contributed by atoms with van der Waals surface area (Å²) >= 11 is 1.54. The molecule has 3 rings (SSSR count). The quantitative estimate of drug-likeness (QED) is 0.749. The van der Waals surface area contributed by atoms with Gasteiger partial charge in [0.25, 0.3) is 0 Å². The normalized spacial score (nSPS) is 17.7. The second-order valence-electron chi connectivity index (χ2n) is 6.62. The largest absolute Gasteiger partial charge is 0.491 e. The van der Waals surface area contributed by atoms with Crippen LogP contribution < -0.4 is 4.74 Å². The van der Waals surface area contributed by atoms with Crippen LogP contribution in [-0.2, 0) is 10.0 Å². The van der Waals surface area contributed by atoms with E-state index in [1.807, 2.05) is 21.7 Å². The maximum absolute atomic E-state index is 13.8. The molecule has 6 nitrogen and oxygen atoms in total. The number of aliphatic hydroxyl groups is 1. The van der Waals surface area contributed by atoms with Crippen LogP contribution in [0, 0.1) is 5.82 Å². The molecule has 0 saturated carbocycles. The minimum atomic E-state index is -3.17. The number of hydrogen-bond acceptors (Lipinski definition) is 6. The summed E-state index contributed by atoms with van der Waals surface area (Å²) in [6.07, 6.45) is 0.456. The molecule has 148 valence electrons. The topological polar surface area (TPSA) is 70.1 Å². The third-order valence-electron chi connectivity index (χ3n) is 4.44. The van der Waals surface area contributed by atoms with Crippen molar-refractivity contribution >= 4 is 21.4 Å². The molecule has 1 atom stereocenters. The van der Waals surface area contributed by atoms with Gasteiger partial charge in [0.1, 0.15) is 24.3 Å². The Kier molecular flexibility index (Phi) is 6.48. The third kappa shape index (κ3) is 5.73. The van der Waals surface area contributed by atoms with Crippen molar-refractivity contribution in [1.29, 1.82) is 0 Å². The van der Waals surface area contributed by atoms with Crippen LogP contribution in [0.2, 0.25) is 0 Å². The Morgan fingerprint density at radius 2 is 1.96 bits per heavy atom. The lowest BCUT2D eigenvalue weighted by atomic mass is 10.1. The van der Waals surface area contributed by atoms with Crippen molar-refractivity contribution in [3.63, 3.8) is 0 Å². The van der Waals surface area contributed by atoms with Gasteiger partial charge in [-0.15, -0.1) is 0 Å². The Morgan fingerprint density at radius 3 is 2.59 bits per heavy atom. The van der Waals surface area contributed by atoms with Crippen LogP contribution in [-0.4, -0.2) is 74.4 Å². The van der Waals surface area contributed by atoms with Gasteiger partial charge in [0.05, 0.1) is 6.26 Å². The molecule has 27 heavy (non-hydrogen) atoms. The van der Waals surface area contributed by atoms with E-state index in [1.54, 1.807) is 6.07 Å². The van der Waals surface area contributed by atoms with Crippen molar-refractivity contribution in [2.24, 2.45) is 0 Å². The third-order valence-corrected chi connectivity index (χ3v) is 6.42. The van der Waals surface area contributed by atoms with Crippen molar-refractivity contribution in [2.45, 2.75) is 6.10 Å². The van der Waals surface area contributed by atoms with Gasteiger partial charge in [-0.05, 0) is 40.1 Å². The van der Waals surface area contributed by atoms with Crippen LogP contribution in [0.15, 0.2) is 35.0 Å². The summed E-state index contributed by atoms with van der Waals surface area (Å²) in [6, 6.07) is 6.41. The molecule has 1 aliphatic heterocycles. The van der Waals surface area contributed by atoms with Crippen LogP contribution in [0.4, 0.5) is 4.39 Å². The van der Waals surface area contributed by atoms with Gasteiger partial charge in [-0.2, -0.15) is 15.6 Å². The highest BCUT2D eigenvalue weighted by atomic mass is 32.2. The van der Waals surface area contributed by atoms with Crippen molar-refractivity contribution in [3.8, 4) is 16.9 Å². The molecule has 2 aromatic rings. The summed E-state index contributed by atoms with van der Waals surface area (Å²) in [7, 11) is -3.17. The molecule has 9 heteroatoms. The predicted molar refractivity (Wildman–Crippen MR) is 104 cm³/mol. The Bertz CT molecular complexity index is 850. The summed E-state index contributed by atoms with van der Waals surface area (Å²) in [5.74, 6) is -0.0165. The van der Waals surface area contributed by atoms with Crippen LogP contribution in [0.1, 0.15) is 0 Å². The monoisotopic (exact) mass is 414 g/mol. The number of piperazine rings is 1. The van der Waals surface area contributed by atoms with Crippen LogP contribution in [0.5, 0.6) is 5.75 Å². The van der Waals surface area contributed by atoms with E-state index >= 15 is 0 Å².